The second-order valence-electron chi connectivity index (χ2n) is 2.46. The average Bonchev–Trinajstić information content (AvgIpc) is 2.51. The van der Waals surface area contributed by atoms with Crippen molar-refractivity contribution in [3.63, 3.8) is 0 Å². The molecule has 0 aliphatic carbocycles. The Bertz CT molecular complexity index is 391. The maximum Gasteiger partial charge on any atom is 0.252 e. The first kappa shape index (κ1) is 9.64. The summed E-state index contributed by atoms with van der Waals surface area (Å²) in [6.07, 6.45) is 1.73. The number of hydrogen-bond donors (Lipinski definition) is 0. The Morgan fingerprint density at radius 3 is 2.54 bits per heavy atom. The van der Waals surface area contributed by atoms with E-state index >= 15 is 0 Å². The fourth-order valence-electron chi connectivity index (χ4n) is 1.01. The monoisotopic (exact) mass is 178 g/mol. The summed E-state index contributed by atoms with van der Waals surface area (Å²) in [6.45, 7) is 7.83. The van der Waals surface area contributed by atoms with Crippen molar-refractivity contribution in [2.75, 3.05) is 0 Å². The number of rotatable bonds is 0. The van der Waals surface area contributed by atoms with Crippen molar-refractivity contribution < 1.29 is 0 Å². The van der Waals surface area contributed by atoms with Crippen molar-refractivity contribution in [1.82, 2.24) is 19.6 Å². The van der Waals surface area contributed by atoms with Gasteiger partial charge in [0.2, 0.25) is 0 Å². The fourth-order valence-corrected chi connectivity index (χ4v) is 1.01. The molecule has 2 aromatic rings. The number of fused-ring (bicyclic) bond motifs is 1. The lowest BCUT2D eigenvalue weighted by atomic mass is 10.5. The van der Waals surface area contributed by atoms with Gasteiger partial charge in [-0.25, -0.2) is 9.50 Å². The van der Waals surface area contributed by atoms with Gasteiger partial charge in [0, 0.05) is 11.9 Å². The molecule has 2 heterocycles. The molecule has 4 nitrogen and oxygen atoms in total. The third-order valence-corrected chi connectivity index (χ3v) is 1.54. The Hall–Kier alpha value is -1.45. The third kappa shape index (κ3) is 1.83. The van der Waals surface area contributed by atoms with Crippen LogP contribution in [0, 0.1) is 13.8 Å². The highest BCUT2D eigenvalue weighted by atomic mass is 15.3. The minimum absolute atomic E-state index is 0.669. The lowest BCUT2D eigenvalue weighted by molar-refractivity contribution is 0.877. The van der Waals surface area contributed by atoms with Crippen molar-refractivity contribution >= 4 is 5.78 Å². The van der Waals surface area contributed by atoms with Gasteiger partial charge in [-0.15, -0.1) is 0 Å². The molecule has 0 radical (unpaired) electrons. The highest BCUT2D eigenvalue weighted by molar-refractivity contribution is 5.27. The van der Waals surface area contributed by atoms with Gasteiger partial charge < -0.3 is 0 Å². The van der Waals surface area contributed by atoms with Gasteiger partial charge in [-0.05, 0) is 19.9 Å². The van der Waals surface area contributed by atoms with E-state index in [0.29, 0.717) is 5.78 Å². The second kappa shape index (κ2) is 3.98. The van der Waals surface area contributed by atoms with E-state index in [2.05, 4.69) is 15.1 Å². The maximum absolute atomic E-state index is 4.16. The molecule has 0 fully saturated rings. The molecule has 0 spiro atoms. The van der Waals surface area contributed by atoms with Crippen molar-refractivity contribution in [2.24, 2.45) is 0 Å². The average molecular weight is 178 g/mol. The summed E-state index contributed by atoms with van der Waals surface area (Å²) < 4.78 is 1.73. The summed E-state index contributed by atoms with van der Waals surface area (Å²) in [5, 5.41) is 4.16. The maximum atomic E-state index is 4.16. The van der Waals surface area contributed by atoms with Crippen molar-refractivity contribution in [3.8, 4) is 0 Å². The van der Waals surface area contributed by atoms with Crippen molar-refractivity contribution in [1.29, 1.82) is 0 Å². The topological polar surface area (TPSA) is 43.1 Å². The van der Waals surface area contributed by atoms with Gasteiger partial charge >= 0.3 is 0 Å². The normalized spacial score (nSPS) is 9.54. The fraction of sp³-hybridized carbons (Fsp3) is 0.444. The van der Waals surface area contributed by atoms with E-state index in [1.165, 1.54) is 0 Å². The van der Waals surface area contributed by atoms with E-state index in [0.717, 1.165) is 11.5 Å². The zero-order valence-electron chi connectivity index (χ0n) is 8.44. The van der Waals surface area contributed by atoms with Gasteiger partial charge in [-0.1, -0.05) is 13.8 Å². The van der Waals surface area contributed by atoms with Crippen LogP contribution in [0.5, 0.6) is 0 Å². The molecule has 4 heteroatoms. The summed E-state index contributed by atoms with van der Waals surface area (Å²) in [4.78, 5) is 8.17. The van der Waals surface area contributed by atoms with Gasteiger partial charge in [0.15, 0.2) is 0 Å². The van der Waals surface area contributed by atoms with Crippen LogP contribution in [0.2, 0.25) is 0 Å². The Morgan fingerprint density at radius 1 is 1.23 bits per heavy atom. The molecule has 0 bridgehead atoms. The van der Waals surface area contributed by atoms with Crippen molar-refractivity contribution in [2.45, 2.75) is 27.7 Å². The molecule has 2 aromatic heterocycles. The molecule has 70 valence electrons. The van der Waals surface area contributed by atoms with Crippen LogP contribution in [0.15, 0.2) is 12.3 Å². The van der Waals surface area contributed by atoms with Crippen LogP contribution in [0.25, 0.3) is 5.78 Å². The highest BCUT2D eigenvalue weighted by Gasteiger charge is 2.00. The van der Waals surface area contributed by atoms with Crippen molar-refractivity contribution in [3.05, 3.63) is 23.8 Å². The van der Waals surface area contributed by atoms with E-state index in [-0.39, 0.29) is 0 Å². The number of aryl methyl sites for hydroxylation is 2. The summed E-state index contributed by atoms with van der Waals surface area (Å²) in [7, 11) is 0. The first-order valence-electron chi connectivity index (χ1n) is 4.42. The molecule has 13 heavy (non-hydrogen) atoms. The molecule has 0 N–H and O–H groups in total. The molecular weight excluding hydrogens is 164 g/mol. The zero-order valence-corrected chi connectivity index (χ0v) is 8.44. The lowest BCUT2D eigenvalue weighted by Crippen LogP contribution is -1.94. The van der Waals surface area contributed by atoms with Crippen LogP contribution in [0.4, 0.5) is 0 Å². The van der Waals surface area contributed by atoms with Crippen LogP contribution in [-0.2, 0) is 0 Å². The van der Waals surface area contributed by atoms with E-state index in [1.807, 2.05) is 33.8 Å². The van der Waals surface area contributed by atoms with Gasteiger partial charge in [0.05, 0.1) is 0 Å². The smallest absolute Gasteiger partial charge is 0.220 e. The van der Waals surface area contributed by atoms with E-state index in [4.69, 9.17) is 0 Å². The molecule has 2 rings (SSSR count). The Balaban J connectivity index is 0.000000396. The largest absolute Gasteiger partial charge is 0.252 e. The first-order valence-corrected chi connectivity index (χ1v) is 4.42. The molecular formula is C9H14N4. The Morgan fingerprint density at radius 2 is 1.92 bits per heavy atom. The van der Waals surface area contributed by atoms with Gasteiger partial charge in [0.25, 0.3) is 5.78 Å². The van der Waals surface area contributed by atoms with Crippen LogP contribution in [-0.4, -0.2) is 19.6 Å². The van der Waals surface area contributed by atoms with Crippen LogP contribution < -0.4 is 0 Å². The van der Waals surface area contributed by atoms with Crippen LogP contribution in [0.3, 0.4) is 0 Å². The van der Waals surface area contributed by atoms with E-state index in [1.54, 1.807) is 10.7 Å². The summed E-state index contributed by atoms with van der Waals surface area (Å²) in [5.41, 5.74) is 1.05. The molecule has 0 aromatic carbocycles. The van der Waals surface area contributed by atoms with E-state index < -0.39 is 0 Å². The molecule has 0 amide bonds. The molecule has 0 unspecified atom stereocenters. The molecule has 0 atom stereocenters. The second-order valence-corrected chi connectivity index (χ2v) is 2.46. The third-order valence-electron chi connectivity index (χ3n) is 1.54. The Labute approximate surface area is 77.6 Å². The molecule has 0 saturated heterocycles. The lowest BCUT2D eigenvalue weighted by Gasteiger charge is -1.92. The van der Waals surface area contributed by atoms with Crippen LogP contribution in [0.1, 0.15) is 25.4 Å². The Kier molecular flexibility index (Phi) is 2.95. The molecule has 0 saturated carbocycles. The summed E-state index contributed by atoms with van der Waals surface area (Å²) in [6, 6.07) is 1.90. The standard InChI is InChI=1S/C7H8N4.C2H6/c1-5-3-4-8-7-9-6(2)10-11(5)7;1-2/h3-4H,1-2H3;1-2H3. The molecule has 0 aliphatic rings. The zero-order chi connectivity index (χ0) is 9.84. The minimum Gasteiger partial charge on any atom is -0.220 e. The van der Waals surface area contributed by atoms with Crippen LogP contribution >= 0.6 is 0 Å². The van der Waals surface area contributed by atoms with Gasteiger partial charge in [-0.2, -0.15) is 10.1 Å². The van der Waals surface area contributed by atoms with E-state index in [9.17, 15) is 0 Å². The first-order chi connectivity index (χ1) is 6.27. The minimum atomic E-state index is 0.669. The summed E-state index contributed by atoms with van der Waals surface area (Å²) in [5.74, 6) is 1.43. The number of nitrogens with zero attached hydrogens (tertiary/aromatic N) is 4. The number of hydrogen-bond acceptors (Lipinski definition) is 3. The summed E-state index contributed by atoms with van der Waals surface area (Å²) >= 11 is 0. The predicted octanol–water partition coefficient (Wildman–Crippen LogP) is 1.77. The van der Waals surface area contributed by atoms with Gasteiger partial charge in [0.1, 0.15) is 5.82 Å². The van der Waals surface area contributed by atoms with Gasteiger partial charge in [-0.3, -0.25) is 0 Å². The SMILES string of the molecule is CC.Cc1nc2nccc(C)n2n1. The molecule has 0 aliphatic heterocycles. The highest BCUT2D eigenvalue weighted by Crippen LogP contribution is 1.99. The number of aromatic nitrogens is 4. The predicted molar refractivity (Wildman–Crippen MR) is 51.6 cm³/mol. The quantitative estimate of drug-likeness (QED) is 0.617.